The molecule has 166 valence electrons. The lowest BCUT2D eigenvalue weighted by Crippen LogP contribution is -2.20. The molecule has 31 heavy (non-hydrogen) atoms. The predicted molar refractivity (Wildman–Crippen MR) is 124 cm³/mol. The van der Waals surface area contributed by atoms with Crippen LogP contribution in [0.3, 0.4) is 0 Å². The third kappa shape index (κ3) is 6.56. The van der Waals surface area contributed by atoms with Crippen LogP contribution in [0.1, 0.15) is 45.1 Å². The van der Waals surface area contributed by atoms with Crippen molar-refractivity contribution in [3.63, 3.8) is 0 Å². The van der Waals surface area contributed by atoms with Gasteiger partial charge in [-0.3, -0.25) is 0 Å². The number of nitrogens with zero attached hydrogens (tertiary/aromatic N) is 2. The molecule has 1 aromatic heterocycles. The first kappa shape index (κ1) is 22.8. The zero-order chi connectivity index (χ0) is 22.1. The Morgan fingerprint density at radius 1 is 1.13 bits per heavy atom. The number of hydrogen-bond acceptors (Lipinski definition) is 5. The first-order valence-corrected chi connectivity index (χ1v) is 11.1. The van der Waals surface area contributed by atoms with Crippen LogP contribution in [0.25, 0.3) is 17.2 Å². The van der Waals surface area contributed by atoms with Gasteiger partial charge in [0.1, 0.15) is 18.2 Å². The van der Waals surface area contributed by atoms with Crippen LogP contribution in [0.5, 0.6) is 5.75 Å². The molecule has 6 heteroatoms. The van der Waals surface area contributed by atoms with E-state index in [9.17, 15) is 9.90 Å². The smallest absolute Gasteiger partial charge is 0.331 e. The molecule has 1 fully saturated rings. The average molecular weight is 425 g/mol. The Bertz CT molecular complexity index is 887. The van der Waals surface area contributed by atoms with E-state index in [4.69, 9.17) is 14.5 Å². The van der Waals surface area contributed by atoms with Crippen LogP contribution in [0.15, 0.2) is 42.1 Å². The van der Waals surface area contributed by atoms with Crippen molar-refractivity contribution in [1.82, 2.24) is 4.98 Å². The Morgan fingerprint density at radius 2 is 1.87 bits per heavy atom. The molecule has 0 bridgehead atoms. The summed E-state index contributed by atoms with van der Waals surface area (Å²) in [5.74, 6) is 0.731. The second-order valence-electron chi connectivity index (χ2n) is 7.80. The highest BCUT2D eigenvalue weighted by atomic mass is 16.5. The number of anilines is 1. The molecule has 1 aliphatic rings. The number of unbranched alkanes of at least 4 members (excludes halogenated alkanes) is 1. The van der Waals surface area contributed by atoms with Gasteiger partial charge < -0.3 is 19.5 Å². The molecule has 0 aliphatic carbocycles. The molecule has 2 aromatic rings. The Morgan fingerprint density at radius 3 is 2.55 bits per heavy atom. The Hall–Kier alpha value is -2.86. The van der Waals surface area contributed by atoms with Crippen LogP contribution >= 0.6 is 0 Å². The Labute approximate surface area is 184 Å². The standard InChI is InChI=1S/C25H32N2O4/c1-3-4-13-30-14-15-31-23-9-7-20(8-10-23)22-17-21(16-19(2)25(28)29)24(26-18-22)27-11-5-6-12-27/h7-10,16-18H,3-6,11-15H2,1-2H3,(H,28,29)/b19-16+. The number of aliphatic carboxylic acids is 1. The van der Waals surface area contributed by atoms with Crippen molar-refractivity contribution in [2.75, 3.05) is 37.8 Å². The summed E-state index contributed by atoms with van der Waals surface area (Å²) < 4.78 is 11.3. The van der Waals surface area contributed by atoms with Crippen LogP contribution < -0.4 is 9.64 Å². The van der Waals surface area contributed by atoms with Crippen molar-refractivity contribution in [1.29, 1.82) is 0 Å². The lowest BCUT2D eigenvalue weighted by molar-refractivity contribution is -0.132. The van der Waals surface area contributed by atoms with E-state index in [1.165, 1.54) is 0 Å². The first-order chi connectivity index (χ1) is 15.1. The highest BCUT2D eigenvalue weighted by molar-refractivity contribution is 5.92. The van der Waals surface area contributed by atoms with Gasteiger partial charge in [-0.15, -0.1) is 0 Å². The monoisotopic (exact) mass is 424 g/mol. The number of hydrogen-bond donors (Lipinski definition) is 1. The molecule has 0 atom stereocenters. The topological polar surface area (TPSA) is 71.9 Å². The summed E-state index contributed by atoms with van der Waals surface area (Å²) in [6.45, 7) is 7.55. The fourth-order valence-electron chi connectivity index (χ4n) is 3.54. The van der Waals surface area contributed by atoms with Gasteiger partial charge in [-0.05, 0) is 56.0 Å². The number of benzene rings is 1. The molecule has 1 aliphatic heterocycles. The summed E-state index contributed by atoms with van der Waals surface area (Å²) in [6.07, 6.45) is 8.04. The third-order valence-electron chi connectivity index (χ3n) is 5.34. The predicted octanol–water partition coefficient (Wildman–Crippen LogP) is 5.03. The number of aromatic nitrogens is 1. The fourth-order valence-corrected chi connectivity index (χ4v) is 3.54. The van der Waals surface area contributed by atoms with Crippen LogP contribution in [0.2, 0.25) is 0 Å². The van der Waals surface area contributed by atoms with Crippen molar-refractivity contribution in [2.24, 2.45) is 0 Å². The molecule has 0 saturated carbocycles. The van der Waals surface area contributed by atoms with Gasteiger partial charge in [0.05, 0.1) is 6.61 Å². The van der Waals surface area contributed by atoms with Crippen LogP contribution in [0.4, 0.5) is 5.82 Å². The van der Waals surface area contributed by atoms with Gasteiger partial charge in [-0.2, -0.15) is 0 Å². The van der Waals surface area contributed by atoms with Crippen molar-refractivity contribution < 1.29 is 19.4 Å². The number of carboxylic acids is 1. The highest BCUT2D eigenvalue weighted by Crippen LogP contribution is 2.30. The summed E-state index contributed by atoms with van der Waals surface area (Å²) in [5, 5.41) is 9.32. The minimum absolute atomic E-state index is 0.296. The average Bonchev–Trinajstić information content (AvgIpc) is 3.31. The van der Waals surface area contributed by atoms with Gasteiger partial charge in [-0.1, -0.05) is 25.5 Å². The number of rotatable bonds is 11. The molecular formula is C25H32N2O4. The maximum Gasteiger partial charge on any atom is 0.331 e. The maximum absolute atomic E-state index is 11.4. The van der Waals surface area contributed by atoms with E-state index in [0.29, 0.717) is 18.8 Å². The van der Waals surface area contributed by atoms with Gasteiger partial charge in [0, 0.05) is 42.6 Å². The number of carbonyl (C=O) groups is 1. The van der Waals surface area contributed by atoms with Gasteiger partial charge in [0.25, 0.3) is 0 Å². The van der Waals surface area contributed by atoms with Crippen molar-refractivity contribution >= 4 is 17.9 Å². The normalized spacial score (nSPS) is 14.1. The van der Waals surface area contributed by atoms with E-state index in [0.717, 1.165) is 73.6 Å². The van der Waals surface area contributed by atoms with Crippen LogP contribution in [-0.4, -0.2) is 49.0 Å². The number of ether oxygens (including phenoxy) is 2. The molecule has 6 nitrogen and oxygen atoms in total. The summed E-state index contributed by atoms with van der Waals surface area (Å²) in [7, 11) is 0. The van der Waals surface area contributed by atoms with E-state index in [1.54, 1.807) is 13.0 Å². The van der Waals surface area contributed by atoms with Crippen molar-refractivity contribution in [3.05, 3.63) is 47.7 Å². The van der Waals surface area contributed by atoms with Gasteiger partial charge >= 0.3 is 5.97 Å². The second-order valence-corrected chi connectivity index (χ2v) is 7.80. The molecule has 0 amide bonds. The zero-order valence-corrected chi connectivity index (χ0v) is 18.5. The highest BCUT2D eigenvalue weighted by Gasteiger charge is 2.18. The lowest BCUT2D eigenvalue weighted by atomic mass is 10.0. The SMILES string of the molecule is CCCCOCCOc1ccc(-c2cnc(N3CCCC3)c(/C=C(\C)C(=O)O)c2)cc1. The number of pyridine rings is 1. The largest absolute Gasteiger partial charge is 0.491 e. The van der Waals surface area contributed by atoms with E-state index >= 15 is 0 Å². The fraction of sp³-hybridized carbons (Fsp3) is 0.440. The molecule has 1 N–H and O–H groups in total. The summed E-state index contributed by atoms with van der Waals surface area (Å²) in [6, 6.07) is 9.89. The summed E-state index contributed by atoms with van der Waals surface area (Å²) in [4.78, 5) is 18.3. The molecule has 0 unspecified atom stereocenters. The van der Waals surface area contributed by atoms with Gasteiger partial charge in [0.15, 0.2) is 0 Å². The van der Waals surface area contributed by atoms with Crippen LogP contribution in [-0.2, 0) is 9.53 Å². The lowest BCUT2D eigenvalue weighted by Gasteiger charge is -2.20. The maximum atomic E-state index is 11.4. The van der Waals surface area contributed by atoms with E-state index in [1.807, 2.05) is 36.5 Å². The first-order valence-electron chi connectivity index (χ1n) is 11.1. The van der Waals surface area contributed by atoms with E-state index in [-0.39, 0.29) is 0 Å². The van der Waals surface area contributed by atoms with E-state index < -0.39 is 5.97 Å². The van der Waals surface area contributed by atoms with Crippen LogP contribution in [0, 0.1) is 0 Å². The minimum atomic E-state index is -0.919. The molecule has 0 radical (unpaired) electrons. The molecule has 1 saturated heterocycles. The van der Waals surface area contributed by atoms with Crippen molar-refractivity contribution in [3.8, 4) is 16.9 Å². The third-order valence-corrected chi connectivity index (χ3v) is 5.34. The van der Waals surface area contributed by atoms with Gasteiger partial charge in [0.2, 0.25) is 0 Å². The van der Waals surface area contributed by atoms with Gasteiger partial charge in [-0.25, -0.2) is 9.78 Å². The Kier molecular flexibility index (Phi) is 8.47. The molecule has 2 heterocycles. The van der Waals surface area contributed by atoms with Crippen molar-refractivity contribution in [2.45, 2.75) is 39.5 Å². The molecular weight excluding hydrogens is 392 g/mol. The molecule has 1 aromatic carbocycles. The van der Waals surface area contributed by atoms with E-state index in [2.05, 4.69) is 11.8 Å². The number of carboxylic acid groups (broad SMARTS) is 1. The summed E-state index contributed by atoms with van der Waals surface area (Å²) in [5.41, 5.74) is 3.09. The zero-order valence-electron chi connectivity index (χ0n) is 18.5. The minimum Gasteiger partial charge on any atom is -0.491 e. The Balaban J connectivity index is 1.73. The molecule has 0 spiro atoms. The summed E-state index contributed by atoms with van der Waals surface area (Å²) >= 11 is 0. The second kappa shape index (κ2) is 11.5. The molecule has 3 rings (SSSR count). The quantitative estimate of drug-likeness (QED) is 0.403.